The monoisotopic (exact) mass is 269 g/mol. The van der Waals surface area contributed by atoms with Crippen LogP contribution in [0.1, 0.15) is 12.0 Å². The summed E-state index contributed by atoms with van der Waals surface area (Å²) in [6.45, 7) is 1.80. The molecular weight excluding hydrogens is 256 g/mol. The van der Waals surface area contributed by atoms with E-state index in [1.54, 1.807) is 0 Å². The van der Waals surface area contributed by atoms with Crippen LogP contribution in [0.2, 0.25) is 0 Å². The van der Waals surface area contributed by atoms with E-state index in [0.29, 0.717) is 17.5 Å². The minimum Gasteiger partial charge on any atom is -0.381 e. The number of nitrogens with zero attached hydrogens (tertiary/aromatic N) is 1. The molecule has 0 spiro atoms. The lowest BCUT2D eigenvalue weighted by molar-refractivity contribution is -0.385. The number of nitro benzene ring substituents is 1. The van der Waals surface area contributed by atoms with Gasteiger partial charge in [0.2, 0.25) is 0 Å². The Labute approximate surface area is 108 Å². The van der Waals surface area contributed by atoms with Crippen LogP contribution in [-0.4, -0.2) is 24.1 Å². The quantitative estimate of drug-likeness (QED) is 0.649. The van der Waals surface area contributed by atoms with E-state index in [0.717, 1.165) is 19.2 Å². The van der Waals surface area contributed by atoms with Gasteiger partial charge in [-0.15, -0.1) is 0 Å². The summed E-state index contributed by atoms with van der Waals surface area (Å²) in [4.78, 5) is 9.95. The standard InChI is InChI=1S/C12H13F2N3O2/c13-12(14)7-3-6(17(18)19)1-2-10(7)16-11-8-4-15-5-9(8)11/h1-3,8-9,11-12,15-16H,4-5H2. The fourth-order valence-electron chi connectivity index (χ4n) is 2.79. The van der Waals surface area contributed by atoms with Gasteiger partial charge in [0.1, 0.15) is 0 Å². The molecule has 2 atom stereocenters. The molecule has 102 valence electrons. The molecule has 1 saturated carbocycles. The van der Waals surface area contributed by atoms with Crippen LogP contribution in [0.25, 0.3) is 0 Å². The highest BCUT2D eigenvalue weighted by Crippen LogP contribution is 2.45. The fraction of sp³-hybridized carbons (Fsp3) is 0.500. The van der Waals surface area contributed by atoms with Crippen molar-refractivity contribution in [2.75, 3.05) is 18.4 Å². The van der Waals surface area contributed by atoms with Crippen LogP contribution in [0.5, 0.6) is 0 Å². The minimum atomic E-state index is -2.72. The first-order chi connectivity index (χ1) is 9.08. The summed E-state index contributed by atoms with van der Waals surface area (Å²) >= 11 is 0. The number of nitrogens with one attached hydrogen (secondary N) is 2. The number of nitro groups is 1. The number of non-ortho nitro benzene ring substituents is 1. The maximum absolute atomic E-state index is 13.0. The molecule has 0 bridgehead atoms. The second-order valence-corrected chi connectivity index (χ2v) is 4.99. The minimum absolute atomic E-state index is 0.209. The normalized spacial score (nSPS) is 28.3. The number of hydrogen-bond donors (Lipinski definition) is 2. The van der Waals surface area contributed by atoms with Gasteiger partial charge in [-0.1, -0.05) is 0 Å². The van der Waals surface area contributed by atoms with Crippen LogP contribution in [0.15, 0.2) is 18.2 Å². The third-order valence-electron chi connectivity index (χ3n) is 3.89. The van der Waals surface area contributed by atoms with Gasteiger partial charge >= 0.3 is 0 Å². The summed E-state index contributed by atoms with van der Waals surface area (Å²) in [5.41, 5.74) is -0.300. The number of halogens is 2. The van der Waals surface area contributed by atoms with E-state index in [9.17, 15) is 18.9 Å². The Morgan fingerprint density at radius 1 is 1.37 bits per heavy atom. The second kappa shape index (κ2) is 4.41. The topological polar surface area (TPSA) is 67.2 Å². The van der Waals surface area contributed by atoms with Crippen LogP contribution < -0.4 is 10.6 Å². The smallest absolute Gasteiger partial charge is 0.270 e. The maximum Gasteiger partial charge on any atom is 0.270 e. The summed E-state index contributed by atoms with van der Waals surface area (Å²) < 4.78 is 25.9. The van der Waals surface area contributed by atoms with Crippen molar-refractivity contribution in [1.82, 2.24) is 5.32 Å². The molecule has 1 aliphatic heterocycles. The van der Waals surface area contributed by atoms with Crippen LogP contribution in [-0.2, 0) is 0 Å². The lowest BCUT2D eigenvalue weighted by Gasteiger charge is -2.13. The zero-order valence-electron chi connectivity index (χ0n) is 9.98. The van der Waals surface area contributed by atoms with Crippen molar-refractivity contribution in [3.63, 3.8) is 0 Å². The molecule has 19 heavy (non-hydrogen) atoms. The molecule has 1 aromatic rings. The number of anilines is 1. The lowest BCUT2D eigenvalue weighted by atomic mass is 10.1. The van der Waals surface area contributed by atoms with Crippen LogP contribution >= 0.6 is 0 Å². The Morgan fingerprint density at radius 3 is 2.63 bits per heavy atom. The zero-order valence-corrected chi connectivity index (χ0v) is 9.98. The molecule has 5 nitrogen and oxygen atoms in total. The van der Waals surface area contributed by atoms with E-state index < -0.39 is 11.3 Å². The third-order valence-corrected chi connectivity index (χ3v) is 3.89. The third kappa shape index (κ3) is 2.14. The summed E-state index contributed by atoms with van der Waals surface area (Å²) in [6, 6.07) is 3.79. The van der Waals surface area contributed by atoms with Crippen molar-refractivity contribution in [2.24, 2.45) is 11.8 Å². The summed E-state index contributed by atoms with van der Waals surface area (Å²) in [5.74, 6) is 0.974. The van der Waals surface area contributed by atoms with E-state index in [1.165, 1.54) is 12.1 Å². The van der Waals surface area contributed by atoms with Crippen molar-refractivity contribution >= 4 is 11.4 Å². The Kier molecular flexibility index (Phi) is 2.85. The number of rotatable bonds is 4. The van der Waals surface area contributed by atoms with Gasteiger partial charge in [-0.25, -0.2) is 8.78 Å². The summed E-state index contributed by atoms with van der Waals surface area (Å²) in [5, 5.41) is 16.9. The highest BCUT2D eigenvalue weighted by atomic mass is 19.3. The molecule has 7 heteroatoms. The first-order valence-electron chi connectivity index (χ1n) is 6.11. The van der Waals surface area contributed by atoms with E-state index in [-0.39, 0.29) is 17.3 Å². The number of piperidine rings is 1. The number of alkyl halides is 2. The number of benzene rings is 1. The fourth-order valence-corrected chi connectivity index (χ4v) is 2.79. The average molecular weight is 269 g/mol. The average Bonchev–Trinajstić information content (AvgIpc) is 2.82. The highest BCUT2D eigenvalue weighted by molar-refractivity contribution is 5.58. The maximum atomic E-state index is 13.0. The predicted octanol–water partition coefficient (Wildman–Crippen LogP) is 2.16. The molecule has 1 aromatic carbocycles. The van der Waals surface area contributed by atoms with Gasteiger partial charge in [-0.2, -0.15) is 0 Å². The number of fused-ring (bicyclic) bond motifs is 1. The van der Waals surface area contributed by atoms with Gasteiger partial charge in [0.05, 0.1) is 4.92 Å². The van der Waals surface area contributed by atoms with Gasteiger partial charge in [0.25, 0.3) is 12.1 Å². The first kappa shape index (κ1) is 12.3. The Hall–Kier alpha value is -1.76. The number of hydrogen-bond acceptors (Lipinski definition) is 4. The summed E-state index contributed by atoms with van der Waals surface area (Å²) in [7, 11) is 0. The molecular formula is C12H13F2N3O2. The lowest BCUT2D eigenvalue weighted by Crippen LogP contribution is -2.21. The molecule has 2 N–H and O–H groups in total. The Balaban J connectivity index is 1.82. The first-order valence-corrected chi connectivity index (χ1v) is 6.11. The van der Waals surface area contributed by atoms with E-state index in [1.807, 2.05) is 0 Å². The molecule has 2 unspecified atom stereocenters. The van der Waals surface area contributed by atoms with E-state index >= 15 is 0 Å². The Morgan fingerprint density at radius 2 is 2.05 bits per heavy atom. The van der Waals surface area contributed by atoms with Crippen molar-refractivity contribution in [3.8, 4) is 0 Å². The van der Waals surface area contributed by atoms with Crippen molar-refractivity contribution in [3.05, 3.63) is 33.9 Å². The zero-order chi connectivity index (χ0) is 13.6. The predicted molar refractivity (Wildman–Crippen MR) is 65.3 cm³/mol. The molecule has 2 aliphatic rings. The molecule has 0 radical (unpaired) electrons. The molecule has 1 heterocycles. The molecule has 1 saturated heterocycles. The van der Waals surface area contributed by atoms with E-state index in [4.69, 9.17) is 0 Å². The van der Waals surface area contributed by atoms with Gasteiger partial charge < -0.3 is 10.6 Å². The highest BCUT2D eigenvalue weighted by Gasteiger charge is 2.53. The van der Waals surface area contributed by atoms with Gasteiger partial charge in [0.15, 0.2) is 0 Å². The SMILES string of the molecule is O=[N+]([O-])c1ccc(NC2C3CNCC32)c(C(F)F)c1. The summed E-state index contributed by atoms with van der Waals surface area (Å²) in [6.07, 6.45) is -2.72. The van der Waals surface area contributed by atoms with Gasteiger partial charge in [-0.05, 0) is 17.9 Å². The molecule has 3 rings (SSSR count). The molecule has 1 aliphatic carbocycles. The van der Waals surface area contributed by atoms with Crippen LogP contribution in [0, 0.1) is 22.0 Å². The molecule has 2 fully saturated rings. The Bertz CT molecular complexity index is 514. The largest absolute Gasteiger partial charge is 0.381 e. The van der Waals surface area contributed by atoms with Crippen molar-refractivity contribution in [2.45, 2.75) is 12.5 Å². The van der Waals surface area contributed by atoms with Crippen molar-refractivity contribution in [1.29, 1.82) is 0 Å². The molecule has 0 aromatic heterocycles. The molecule has 0 amide bonds. The van der Waals surface area contributed by atoms with Crippen LogP contribution in [0.4, 0.5) is 20.2 Å². The van der Waals surface area contributed by atoms with E-state index in [2.05, 4.69) is 10.6 Å². The van der Waals surface area contributed by atoms with Gasteiger partial charge in [-0.3, -0.25) is 10.1 Å². The van der Waals surface area contributed by atoms with Crippen LogP contribution in [0.3, 0.4) is 0 Å². The second-order valence-electron chi connectivity index (χ2n) is 4.99. The van der Waals surface area contributed by atoms with Gasteiger partial charge in [0, 0.05) is 42.5 Å². The van der Waals surface area contributed by atoms with Crippen molar-refractivity contribution < 1.29 is 13.7 Å².